The molecule has 5 heteroatoms. The van der Waals surface area contributed by atoms with Crippen molar-refractivity contribution in [2.45, 2.75) is 19.3 Å². The number of carbonyl (C=O) groups excluding carboxylic acids is 1. The van der Waals surface area contributed by atoms with Crippen molar-refractivity contribution in [1.82, 2.24) is 4.90 Å². The number of halogens is 2. The average Bonchev–Trinajstić information content (AvgIpc) is 2.28. The molecule has 0 bridgehead atoms. The molecule has 0 aromatic heterocycles. The van der Waals surface area contributed by atoms with Crippen LogP contribution in [0.2, 0.25) is 0 Å². The summed E-state index contributed by atoms with van der Waals surface area (Å²) in [6, 6.07) is 3.21. The van der Waals surface area contributed by atoms with E-state index >= 15 is 0 Å². The lowest BCUT2D eigenvalue weighted by molar-refractivity contribution is 0.179. The van der Waals surface area contributed by atoms with E-state index in [1.54, 1.807) is 4.90 Å². The van der Waals surface area contributed by atoms with Crippen LogP contribution >= 0.6 is 0 Å². The molecule has 98 valence electrons. The van der Waals surface area contributed by atoms with Crippen molar-refractivity contribution in [3.63, 3.8) is 0 Å². The Balaban J connectivity index is 1.93. The minimum absolute atomic E-state index is 0.349. The quantitative estimate of drug-likeness (QED) is 0.864. The van der Waals surface area contributed by atoms with Crippen molar-refractivity contribution in [2.24, 2.45) is 11.7 Å². The van der Waals surface area contributed by atoms with Gasteiger partial charge >= 0.3 is 6.03 Å². The number of amides is 2. The molecule has 0 unspecified atom stereocenters. The van der Waals surface area contributed by atoms with Crippen LogP contribution in [0.5, 0.6) is 0 Å². The van der Waals surface area contributed by atoms with E-state index in [-0.39, 0.29) is 0 Å². The van der Waals surface area contributed by atoms with Crippen molar-refractivity contribution >= 4 is 6.03 Å². The molecule has 0 spiro atoms. The van der Waals surface area contributed by atoms with Gasteiger partial charge in [-0.3, -0.25) is 0 Å². The molecule has 0 saturated carbocycles. The van der Waals surface area contributed by atoms with Crippen LogP contribution in [-0.2, 0) is 6.42 Å². The molecule has 2 N–H and O–H groups in total. The number of hydrogen-bond acceptors (Lipinski definition) is 1. The summed E-state index contributed by atoms with van der Waals surface area (Å²) >= 11 is 0. The second-order valence-electron chi connectivity index (χ2n) is 4.75. The zero-order chi connectivity index (χ0) is 13.1. The van der Waals surface area contributed by atoms with Crippen LogP contribution in [0, 0.1) is 17.6 Å². The number of likely N-dealkylation sites (tertiary alicyclic amines) is 1. The van der Waals surface area contributed by atoms with Gasteiger partial charge in [-0.25, -0.2) is 13.6 Å². The van der Waals surface area contributed by atoms with Gasteiger partial charge in [-0.15, -0.1) is 0 Å². The third kappa shape index (κ3) is 3.18. The van der Waals surface area contributed by atoms with Gasteiger partial charge in [0.25, 0.3) is 0 Å². The zero-order valence-corrected chi connectivity index (χ0v) is 10.0. The monoisotopic (exact) mass is 254 g/mol. The summed E-state index contributed by atoms with van der Waals surface area (Å²) in [4.78, 5) is 12.6. The first kappa shape index (κ1) is 12.8. The zero-order valence-electron chi connectivity index (χ0n) is 10.0. The second-order valence-corrected chi connectivity index (χ2v) is 4.75. The number of primary amides is 1. The number of carbonyl (C=O) groups is 1. The summed E-state index contributed by atoms with van der Waals surface area (Å²) in [6.07, 6.45) is 2.28. The fraction of sp³-hybridized carbons (Fsp3) is 0.462. The number of hydrogen-bond donors (Lipinski definition) is 1. The summed E-state index contributed by atoms with van der Waals surface area (Å²) in [5.74, 6) is -0.735. The van der Waals surface area contributed by atoms with E-state index in [1.165, 1.54) is 12.1 Å². The fourth-order valence-corrected chi connectivity index (χ4v) is 2.42. The number of urea groups is 1. The fourth-order valence-electron chi connectivity index (χ4n) is 2.42. The van der Waals surface area contributed by atoms with E-state index in [1.807, 2.05) is 0 Å². The summed E-state index contributed by atoms with van der Waals surface area (Å²) in [5, 5.41) is 0. The van der Waals surface area contributed by atoms with Gasteiger partial charge < -0.3 is 10.6 Å². The predicted octanol–water partition coefficient (Wildman–Crippen LogP) is 2.30. The molecule has 1 heterocycles. The standard InChI is InChI=1S/C13H16F2N2O/c14-11-6-10(7-12(15)8-11)5-9-1-3-17(4-2-9)13(16)18/h6-9H,1-5H2,(H2,16,18). The molecule has 1 saturated heterocycles. The van der Waals surface area contributed by atoms with E-state index in [4.69, 9.17) is 5.73 Å². The Kier molecular flexibility index (Phi) is 3.79. The van der Waals surface area contributed by atoms with Crippen LogP contribution in [-0.4, -0.2) is 24.0 Å². The summed E-state index contributed by atoms with van der Waals surface area (Å²) < 4.78 is 26.1. The molecule has 0 radical (unpaired) electrons. The number of benzene rings is 1. The predicted molar refractivity (Wildman–Crippen MR) is 63.9 cm³/mol. The minimum atomic E-state index is -0.542. The molecular formula is C13H16F2N2O. The average molecular weight is 254 g/mol. The topological polar surface area (TPSA) is 46.3 Å². The summed E-state index contributed by atoms with van der Waals surface area (Å²) in [5.41, 5.74) is 5.86. The van der Waals surface area contributed by atoms with E-state index in [0.717, 1.165) is 18.9 Å². The van der Waals surface area contributed by atoms with Gasteiger partial charge in [0.05, 0.1) is 0 Å². The minimum Gasteiger partial charge on any atom is -0.351 e. The highest BCUT2D eigenvalue weighted by Gasteiger charge is 2.21. The highest BCUT2D eigenvalue weighted by atomic mass is 19.1. The lowest BCUT2D eigenvalue weighted by atomic mass is 9.90. The van der Waals surface area contributed by atoms with Crippen molar-refractivity contribution in [3.8, 4) is 0 Å². The van der Waals surface area contributed by atoms with E-state index in [9.17, 15) is 13.6 Å². The molecule has 0 aliphatic carbocycles. The first-order valence-corrected chi connectivity index (χ1v) is 6.04. The van der Waals surface area contributed by atoms with Gasteiger partial charge in [0, 0.05) is 19.2 Å². The van der Waals surface area contributed by atoms with E-state index in [2.05, 4.69) is 0 Å². The van der Waals surface area contributed by atoms with Crippen molar-refractivity contribution in [3.05, 3.63) is 35.4 Å². The SMILES string of the molecule is NC(=O)N1CCC(Cc2cc(F)cc(F)c2)CC1. The Morgan fingerprint density at radius 2 is 1.78 bits per heavy atom. The van der Waals surface area contributed by atoms with Gasteiger partial charge in [0.15, 0.2) is 0 Å². The van der Waals surface area contributed by atoms with Crippen LogP contribution in [0.25, 0.3) is 0 Å². The maximum absolute atomic E-state index is 13.0. The maximum atomic E-state index is 13.0. The molecular weight excluding hydrogens is 238 g/mol. The molecule has 1 aliphatic rings. The normalized spacial score (nSPS) is 16.9. The number of piperidine rings is 1. The van der Waals surface area contributed by atoms with Gasteiger partial charge in [0.1, 0.15) is 11.6 Å². The number of nitrogens with zero attached hydrogens (tertiary/aromatic N) is 1. The molecule has 1 fully saturated rings. The first-order chi connectivity index (χ1) is 8.54. The van der Waals surface area contributed by atoms with Crippen molar-refractivity contribution in [1.29, 1.82) is 0 Å². The Morgan fingerprint density at radius 1 is 1.22 bits per heavy atom. The molecule has 1 aliphatic heterocycles. The molecule has 18 heavy (non-hydrogen) atoms. The van der Waals surface area contributed by atoms with Crippen LogP contribution < -0.4 is 5.73 Å². The number of rotatable bonds is 2. The lowest BCUT2D eigenvalue weighted by Crippen LogP contribution is -2.41. The number of nitrogens with two attached hydrogens (primary N) is 1. The van der Waals surface area contributed by atoms with Crippen LogP contribution in [0.15, 0.2) is 18.2 Å². The third-order valence-corrected chi connectivity index (χ3v) is 3.37. The van der Waals surface area contributed by atoms with Gasteiger partial charge in [0.2, 0.25) is 0 Å². The molecule has 0 atom stereocenters. The van der Waals surface area contributed by atoms with Crippen molar-refractivity contribution in [2.75, 3.05) is 13.1 Å². The van der Waals surface area contributed by atoms with Gasteiger partial charge in [-0.2, -0.15) is 0 Å². The summed E-state index contributed by atoms with van der Waals surface area (Å²) in [6.45, 7) is 1.25. The van der Waals surface area contributed by atoms with E-state index in [0.29, 0.717) is 31.0 Å². The molecule has 2 rings (SSSR count). The Hall–Kier alpha value is -1.65. The smallest absolute Gasteiger partial charge is 0.314 e. The largest absolute Gasteiger partial charge is 0.351 e. The lowest BCUT2D eigenvalue weighted by Gasteiger charge is -2.30. The van der Waals surface area contributed by atoms with Gasteiger partial charge in [-0.1, -0.05) is 0 Å². The molecule has 1 aromatic carbocycles. The Morgan fingerprint density at radius 3 is 2.28 bits per heavy atom. The highest BCUT2D eigenvalue weighted by Crippen LogP contribution is 2.22. The van der Waals surface area contributed by atoms with Gasteiger partial charge in [-0.05, 0) is 42.9 Å². The molecule has 1 aromatic rings. The third-order valence-electron chi connectivity index (χ3n) is 3.37. The Labute approximate surface area is 105 Å². The van der Waals surface area contributed by atoms with Crippen molar-refractivity contribution < 1.29 is 13.6 Å². The second kappa shape index (κ2) is 5.33. The maximum Gasteiger partial charge on any atom is 0.314 e. The highest BCUT2D eigenvalue weighted by molar-refractivity contribution is 5.72. The first-order valence-electron chi connectivity index (χ1n) is 6.04. The van der Waals surface area contributed by atoms with Crippen LogP contribution in [0.4, 0.5) is 13.6 Å². The molecule has 3 nitrogen and oxygen atoms in total. The Bertz CT molecular complexity index is 422. The van der Waals surface area contributed by atoms with Crippen LogP contribution in [0.3, 0.4) is 0 Å². The molecule has 2 amide bonds. The van der Waals surface area contributed by atoms with E-state index < -0.39 is 17.7 Å². The van der Waals surface area contributed by atoms with Crippen LogP contribution in [0.1, 0.15) is 18.4 Å². The summed E-state index contributed by atoms with van der Waals surface area (Å²) in [7, 11) is 0.